The highest BCUT2D eigenvalue weighted by atomic mass is 35.5. The van der Waals surface area contributed by atoms with Crippen LogP contribution in [0.25, 0.3) is 11.1 Å². The first-order valence-corrected chi connectivity index (χ1v) is 9.54. The highest BCUT2D eigenvalue weighted by molar-refractivity contribution is 6.30. The fourth-order valence-corrected chi connectivity index (χ4v) is 3.68. The van der Waals surface area contributed by atoms with Crippen molar-refractivity contribution >= 4 is 29.4 Å². The number of nitrogens with one attached hydrogen (secondary N) is 3. The van der Waals surface area contributed by atoms with Gasteiger partial charge in [-0.05, 0) is 35.4 Å². The average molecular weight is 424 g/mol. The van der Waals surface area contributed by atoms with Gasteiger partial charge in [0.2, 0.25) is 0 Å². The minimum absolute atomic E-state index is 0.141. The van der Waals surface area contributed by atoms with Gasteiger partial charge in [0.1, 0.15) is 0 Å². The zero-order valence-corrected chi connectivity index (χ0v) is 16.7. The van der Waals surface area contributed by atoms with E-state index in [4.69, 9.17) is 11.6 Å². The van der Waals surface area contributed by atoms with Gasteiger partial charge in [-0.1, -0.05) is 41.9 Å². The lowest BCUT2D eigenvalue weighted by atomic mass is 9.94. The molecule has 4 rings (SSSR count). The Balaban J connectivity index is 1.63. The molecule has 0 radical (unpaired) electrons. The van der Waals surface area contributed by atoms with E-state index in [0.29, 0.717) is 16.3 Å². The van der Waals surface area contributed by atoms with Crippen molar-refractivity contribution in [1.82, 2.24) is 25.7 Å². The van der Waals surface area contributed by atoms with E-state index >= 15 is 0 Å². The number of hydrogen-bond acceptors (Lipinski definition) is 4. The van der Waals surface area contributed by atoms with Crippen LogP contribution in [-0.4, -0.2) is 34.2 Å². The van der Waals surface area contributed by atoms with Gasteiger partial charge in [-0.2, -0.15) is 5.10 Å². The number of carbonyl (C=O) groups excluding carboxylic acids is 3. The summed E-state index contributed by atoms with van der Waals surface area (Å²) in [6.07, 6.45) is 1.52. The zero-order valence-electron chi connectivity index (χ0n) is 16.0. The molecule has 3 N–H and O–H groups in total. The van der Waals surface area contributed by atoms with Gasteiger partial charge in [-0.3, -0.25) is 19.6 Å². The summed E-state index contributed by atoms with van der Waals surface area (Å²) in [5.41, 5.74) is 0.995. The number of urea groups is 1. The zero-order chi connectivity index (χ0) is 21.3. The number of rotatable bonds is 5. The third-order valence-corrected chi connectivity index (χ3v) is 5.29. The Kier molecular flexibility index (Phi) is 5.01. The van der Waals surface area contributed by atoms with Gasteiger partial charge >= 0.3 is 6.03 Å². The number of halogens is 1. The number of benzene rings is 2. The Morgan fingerprint density at radius 2 is 1.87 bits per heavy atom. The molecular weight excluding hydrogens is 406 g/mol. The molecule has 1 aliphatic rings. The molecule has 0 saturated carbocycles. The Bertz CT molecular complexity index is 1140. The van der Waals surface area contributed by atoms with E-state index in [0.717, 1.165) is 11.1 Å². The van der Waals surface area contributed by atoms with Gasteiger partial charge in [0.15, 0.2) is 5.54 Å². The SMILES string of the molecule is Cn1nccc1[C@@]1(CNC(=O)c2ccccc2-c2ccc(Cl)cc2)NC(=O)NC1=O. The Labute approximate surface area is 177 Å². The van der Waals surface area contributed by atoms with Crippen LogP contribution in [-0.2, 0) is 17.4 Å². The number of aromatic nitrogens is 2. The molecule has 0 bridgehead atoms. The minimum atomic E-state index is -1.45. The molecule has 1 atom stereocenters. The highest BCUT2D eigenvalue weighted by Gasteiger charge is 2.49. The second kappa shape index (κ2) is 7.64. The van der Waals surface area contributed by atoms with Crippen LogP contribution in [0.3, 0.4) is 0 Å². The van der Waals surface area contributed by atoms with Crippen LogP contribution < -0.4 is 16.0 Å². The lowest BCUT2D eigenvalue weighted by Crippen LogP contribution is -2.53. The van der Waals surface area contributed by atoms with Gasteiger partial charge in [0, 0.05) is 23.8 Å². The molecule has 3 aromatic rings. The molecule has 30 heavy (non-hydrogen) atoms. The molecule has 8 nitrogen and oxygen atoms in total. The molecule has 1 fully saturated rings. The summed E-state index contributed by atoms with van der Waals surface area (Å²) in [5, 5.41) is 12.3. The monoisotopic (exact) mass is 423 g/mol. The van der Waals surface area contributed by atoms with Crippen molar-refractivity contribution in [2.45, 2.75) is 5.54 Å². The van der Waals surface area contributed by atoms with Crippen molar-refractivity contribution in [2.24, 2.45) is 7.05 Å². The van der Waals surface area contributed by atoms with Gasteiger partial charge < -0.3 is 10.6 Å². The molecule has 9 heteroatoms. The lowest BCUT2D eigenvalue weighted by molar-refractivity contribution is -0.124. The summed E-state index contributed by atoms with van der Waals surface area (Å²) >= 11 is 5.97. The number of amides is 4. The van der Waals surface area contributed by atoms with Gasteiger partial charge in [0.25, 0.3) is 11.8 Å². The molecule has 0 spiro atoms. The standard InChI is InChI=1S/C21H18ClN5O3/c1-27-17(10-11-24-27)21(19(29)25-20(30)26-21)12-23-18(28)16-5-3-2-4-15(16)13-6-8-14(22)9-7-13/h2-11H,12H2,1H3,(H,23,28)(H2,25,26,29,30)/t21-/m1/s1. The van der Waals surface area contributed by atoms with Crippen molar-refractivity contribution in [3.63, 3.8) is 0 Å². The van der Waals surface area contributed by atoms with Crippen LogP contribution in [0.4, 0.5) is 4.79 Å². The van der Waals surface area contributed by atoms with Gasteiger partial charge in [0.05, 0.1) is 12.2 Å². The predicted octanol–water partition coefficient (Wildman–Crippen LogP) is 2.21. The first-order chi connectivity index (χ1) is 14.4. The first-order valence-electron chi connectivity index (χ1n) is 9.16. The van der Waals surface area contributed by atoms with Crippen molar-refractivity contribution in [1.29, 1.82) is 0 Å². The molecule has 2 heterocycles. The average Bonchev–Trinajstić information content (AvgIpc) is 3.29. The molecule has 0 aliphatic carbocycles. The maximum atomic E-state index is 13.0. The smallest absolute Gasteiger partial charge is 0.322 e. The van der Waals surface area contributed by atoms with Crippen LogP contribution in [0.2, 0.25) is 5.02 Å². The van der Waals surface area contributed by atoms with Crippen molar-refractivity contribution in [3.05, 3.63) is 77.1 Å². The molecule has 1 saturated heterocycles. The molecule has 2 aromatic carbocycles. The van der Waals surface area contributed by atoms with E-state index in [1.807, 2.05) is 24.3 Å². The predicted molar refractivity (Wildman–Crippen MR) is 111 cm³/mol. The summed E-state index contributed by atoms with van der Waals surface area (Å²) < 4.78 is 1.49. The number of imide groups is 1. The van der Waals surface area contributed by atoms with Gasteiger partial charge in [-0.25, -0.2) is 4.79 Å². The Morgan fingerprint density at radius 1 is 1.13 bits per heavy atom. The van der Waals surface area contributed by atoms with E-state index in [1.54, 1.807) is 37.4 Å². The third kappa shape index (κ3) is 3.42. The highest BCUT2D eigenvalue weighted by Crippen LogP contribution is 2.27. The number of aryl methyl sites for hydroxylation is 1. The quantitative estimate of drug-likeness (QED) is 0.547. The first kappa shape index (κ1) is 19.7. The van der Waals surface area contributed by atoms with Crippen LogP contribution >= 0.6 is 11.6 Å². The summed E-state index contributed by atoms with van der Waals surface area (Å²) in [4.78, 5) is 37.5. The number of hydrogen-bond donors (Lipinski definition) is 3. The van der Waals surface area contributed by atoms with E-state index in [2.05, 4.69) is 21.0 Å². The van der Waals surface area contributed by atoms with Crippen LogP contribution in [0.5, 0.6) is 0 Å². The number of nitrogens with zero attached hydrogens (tertiary/aromatic N) is 2. The molecule has 0 unspecified atom stereocenters. The molecular formula is C21H18ClN5O3. The maximum absolute atomic E-state index is 13.0. The Morgan fingerprint density at radius 3 is 2.50 bits per heavy atom. The fourth-order valence-electron chi connectivity index (χ4n) is 3.55. The normalized spacial score (nSPS) is 18.1. The second-order valence-corrected chi connectivity index (χ2v) is 7.33. The van der Waals surface area contributed by atoms with E-state index in [9.17, 15) is 14.4 Å². The molecule has 1 aromatic heterocycles. The minimum Gasteiger partial charge on any atom is -0.349 e. The van der Waals surface area contributed by atoms with Gasteiger partial charge in [-0.15, -0.1) is 0 Å². The fraction of sp³-hybridized carbons (Fsp3) is 0.143. The largest absolute Gasteiger partial charge is 0.349 e. The summed E-state index contributed by atoms with van der Waals surface area (Å²) in [5.74, 6) is -0.932. The second-order valence-electron chi connectivity index (χ2n) is 6.89. The van der Waals surface area contributed by atoms with E-state index in [1.165, 1.54) is 10.9 Å². The van der Waals surface area contributed by atoms with Crippen molar-refractivity contribution in [3.8, 4) is 11.1 Å². The maximum Gasteiger partial charge on any atom is 0.322 e. The molecule has 4 amide bonds. The van der Waals surface area contributed by atoms with E-state index < -0.39 is 17.5 Å². The topological polar surface area (TPSA) is 105 Å². The molecule has 152 valence electrons. The van der Waals surface area contributed by atoms with E-state index in [-0.39, 0.29) is 12.5 Å². The summed E-state index contributed by atoms with van der Waals surface area (Å²) in [6, 6.07) is 15.3. The Hall–Kier alpha value is -3.65. The van der Waals surface area contributed by atoms with Crippen LogP contribution in [0.1, 0.15) is 16.1 Å². The molecule has 1 aliphatic heterocycles. The summed E-state index contributed by atoms with van der Waals surface area (Å²) in [7, 11) is 1.66. The van der Waals surface area contributed by atoms with Crippen LogP contribution in [0.15, 0.2) is 60.8 Å². The lowest BCUT2D eigenvalue weighted by Gasteiger charge is -2.26. The van der Waals surface area contributed by atoms with Crippen LogP contribution in [0, 0.1) is 0 Å². The third-order valence-electron chi connectivity index (χ3n) is 5.04. The summed E-state index contributed by atoms with van der Waals surface area (Å²) in [6.45, 7) is -0.141. The van der Waals surface area contributed by atoms with Crippen molar-refractivity contribution < 1.29 is 14.4 Å². The number of carbonyl (C=O) groups is 3. The van der Waals surface area contributed by atoms with Crippen molar-refractivity contribution in [2.75, 3.05) is 6.54 Å².